The minimum absolute atomic E-state index is 0.0640. The third-order valence-corrected chi connectivity index (χ3v) is 2.21. The summed E-state index contributed by atoms with van der Waals surface area (Å²) in [4.78, 5) is 21.1. The van der Waals surface area contributed by atoms with Crippen LogP contribution in [-0.4, -0.2) is 10.7 Å². The zero-order chi connectivity index (χ0) is 11.6. The molecule has 5 nitrogen and oxygen atoms in total. The molecule has 1 rings (SSSR count). The summed E-state index contributed by atoms with van der Waals surface area (Å²) in [6.07, 6.45) is 0. The first kappa shape index (κ1) is 11.3. The van der Waals surface area contributed by atoms with E-state index < -0.39 is 16.4 Å². The first-order valence-corrected chi connectivity index (χ1v) is 4.65. The highest BCUT2D eigenvalue weighted by molar-refractivity contribution is 9.10. The standard InChI is InChI=1S/C9H5BrN2O3/c1-5(13)8-3-7(10)2-6(4-11)9(8)12(14)15/h2-3H,1H3. The van der Waals surface area contributed by atoms with Crippen LogP contribution in [0.4, 0.5) is 5.69 Å². The molecule has 0 unspecified atom stereocenters. The number of hydrogen-bond donors (Lipinski definition) is 0. The van der Waals surface area contributed by atoms with Gasteiger partial charge in [-0.1, -0.05) is 15.9 Å². The summed E-state index contributed by atoms with van der Waals surface area (Å²) in [6.45, 7) is 1.22. The topological polar surface area (TPSA) is 84.0 Å². The normalized spacial score (nSPS) is 9.40. The number of nitro groups is 1. The fourth-order valence-electron chi connectivity index (χ4n) is 1.15. The number of nitrogens with zero attached hydrogens (tertiary/aromatic N) is 2. The van der Waals surface area contributed by atoms with Crippen LogP contribution in [0.25, 0.3) is 0 Å². The van der Waals surface area contributed by atoms with E-state index in [1.807, 2.05) is 0 Å². The minimum atomic E-state index is -0.721. The van der Waals surface area contributed by atoms with Crippen molar-refractivity contribution in [3.63, 3.8) is 0 Å². The first-order chi connectivity index (χ1) is 6.97. The molecule has 15 heavy (non-hydrogen) atoms. The van der Waals surface area contributed by atoms with Gasteiger partial charge in [0.2, 0.25) is 0 Å². The number of carbonyl (C=O) groups is 1. The number of benzene rings is 1. The van der Waals surface area contributed by atoms with Gasteiger partial charge in [-0.05, 0) is 19.1 Å². The quantitative estimate of drug-likeness (QED) is 0.469. The average Bonchev–Trinajstić information content (AvgIpc) is 2.15. The molecule has 6 heteroatoms. The van der Waals surface area contributed by atoms with Gasteiger partial charge in [0.25, 0.3) is 5.69 Å². The highest BCUT2D eigenvalue weighted by Crippen LogP contribution is 2.28. The maximum Gasteiger partial charge on any atom is 0.297 e. The fourth-order valence-corrected chi connectivity index (χ4v) is 1.61. The maximum atomic E-state index is 11.2. The van der Waals surface area contributed by atoms with Gasteiger partial charge in [0.05, 0.1) is 10.5 Å². The molecule has 0 aliphatic heterocycles. The van der Waals surface area contributed by atoms with E-state index in [2.05, 4.69) is 15.9 Å². The number of halogens is 1. The van der Waals surface area contributed by atoms with E-state index in [4.69, 9.17) is 5.26 Å². The van der Waals surface area contributed by atoms with Crippen molar-refractivity contribution in [2.45, 2.75) is 6.92 Å². The summed E-state index contributed by atoms with van der Waals surface area (Å²) in [5, 5.41) is 19.4. The van der Waals surface area contributed by atoms with Gasteiger partial charge in [0.15, 0.2) is 5.78 Å². The molecule has 0 fully saturated rings. The summed E-state index contributed by atoms with van der Waals surface area (Å²) >= 11 is 3.08. The Balaban J connectivity index is 3.64. The van der Waals surface area contributed by atoms with Crippen molar-refractivity contribution < 1.29 is 9.72 Å². The van der Waals surface area contributed by atoms with E-state index >= 15 is 0 Å². The van der Waals surface area contributed by atoms with E-state index in [-0.39, 0.29) is 11.1 Å². The molecule has 0 N–H and O–H groups in total. The van der Waals surface area contributed by atoms with Crippen LogP contribution in [0.3, 0.4) is 0 Å². The molecule has 1 aromatic rings. The van der Waals surface area contributed by atoms with Crippen molar-refractivity contribution >= 4 is 27.4 Å². The lowest BCUT2D eigenvalue weighted by atomic mass is 10.1. The van der Waals surface area contributed by atoms with Crippen molar-refractivity contribution in [1.82, 2.24) is 0 Å². The van der Waals surface area contributed by atoms with Crippen molar-refractivity contribution in [1.29, 1.82) is 5.26 Å². The van der Waals surface area contributed by atoms with Gasteiger partial charge < -0.3 is 0 Å². The van der Waals surface area contributed by atoms with Crippen molar-refractivity contribution in [2.75, 3.05) is 0 Å². The number of rotatable bonds is 2. The summed E-state index contributed by atoms with van der Waals surface area (Å²) < 4.78 is 0.467. The molecule has 76 valence electrons. The Labute approximate surface area is 93.6 Å². The molecule has 0 radical (unpaired) electrons. The second-order valence-electron chi connectivity index (χ2n) is 2.77. The van der Waals surface area contributed by atoms with Crippen LogP contribution in [0.2, 0.25) is 0 Å². The van der Waals surface area contributed by atoms with Crippen LogP contribution in [0.1, 0.15) is 22.8 Å². The largest absolute Gasteiger partial charge is 0.297 e. The predicted octanol–water partition coefficient (Wildman–Crippen LogP) is 2.43. The minimum Gasteiger partial charge on any atom is -0.294 e. The molecule has 0 saturated carbocycles. The maximum absolute atomic E-state index is 11.2. The molecule has 0 spiro atoms. The summed E-state index contributed by atoms with van der Waals surface area (Å²) in [5.41, 5.74) is -0.626. The zero-order valence-electron chi connectivity index (χ0n) is 7.65. The molecule has 0 aromatic heterocycles. The molecule has 1 aromatic carbocycles. The lowest BCUT2D eigenvalue weighted by Crippen LogP contribution is -2.02. The van der Waals surface area contributed by atoms with Gasteiger partial charge in [-0.15, -0.1) is 0 Å². The van der Waals surface area contributed by atoms with Crippen LogP contribution >= 0.6 is 15.9 Å². The van der Waals surface area contributed by atoms with Crippen molar-refractivity contribution in [3.05, 3.63) is 37.8 Å². The average molecular weight is 269 g/mol. The van der Waals surface area contributed by atoms with Gasteiger partial charge in [-0.2, -0.15) is 5.26 Å². The van der Waals surface area contributed by atoms with E-state index in [1.165, 1.54) is 19.1 Å². The Morgan fingerprint density at radius 1 is 1.60 bits per heavy atom. The lowest BCUT2D eigenvalue weighted by Gasteiger charge is -2.01. The Morgan fingerprint density at radius 3 is 2.60 bits per heavy atom. The van der Waals surface area contributed by atoms with Crippen LogP contribution in [0.5, 0.6) is 0 Å². The molecule has 0 amide bonds. The molecular formula is C9H5BrN2O3. The predicted molar refractivity (Wildman–Crippen MR) is 55.5 cm³/mol. The Bertz CT molecular complexity index is 491. The Morgan fingerprint density at radius 2 is 2.20 bits per heavy atom. The van der Waals surface area contributed by atoms with Crippen LogP contribution < -0.4 is 0 Å². The van der Waals surface area contributed by atoms with Crippen molar-refractivity contribution in [2.24, 2.45) is 0 Å². The molecule has 0 saturated heterocycles. The Hall–Kier alpha value is -1.74. The van der Waals surface area contributed by atoms with Crippen LogP contribution in [0.15, 0.2) is 16.6 Å². The van der Waals surface area contributed by atoms with E-state index in [0.717, 1.165) is 0 Å². The number of hydrogen-bond acceptors (Lipinski definition) is 4. The number of Topliss-reactive ketones (excluding diaryl/α,β-unsaturated/α-hetero) is 1. The molecular weight excluding hydrogens is 264 g/mol. The van der Waals surface area contributed by atoms with E-state index in [1.54, 1.807) is 6.07 Å². The fraction of sp³-hybridized carbons (Fsp3) is 0.111. The number of nitriles is 1. The summed E-state index contributed by atoms with van der Waals surface area (Å²) in [5.74, 6) is -0.445. The van der Waals surface area contributed by atoms with Crippen molar-refractivity contribution in [3.8, 4) is 6.07 Å². The summed E-state index contributed by atoms with van der Waals surface area (Å²) in [7, 11) is 0. The van der Waals surface area contributed by atoms with Gasteiger partial charge in [-0.3, -0.25) is 14.9 Å². The first-order valence-electron chi connectivity index (χ1n) is 3.86. The third-order valence-electron chi connectivity index (χ3n) is 1.76. The number of carbonyl (C=O) groups excluding carboxylic acids is 1. The van der Waals surface area contributed by atoms with Crippen LogP contribution in [0, 0.1) is 21.4 Å². The second kappa shape index (κ2) is 4.19. The smallest absolute Gasteiger partial charge is 0.294 e. The number of nitro benzene ring substituents is 1. The second-order valence-corrected chi connectivity index (χ2v) is 3.69. The number of ketones is 1. The van der Waals surface area contributed by atoms with Gasteiger partial charge >= 0.3 is 0 Å². The van der Waals surface area contributed by atoms with Gasteiger partial charge in [-0.25, -0.2) is 0 Å². The highest BCUT2D eigenvalue weighted by Gasteiger charge is 2.23. The molecule has 0 bridgehead atoms. The monoisotopic (exact) mass is 268 g/mol. The van der Waals surface area contributed by atoms with Crippen LogP contribution in [-0.2, 0) is 0 Å². The molecule has 0 heterocycles. The molecule has 0 aliphatic rings. The van der Waals surface area contributed by atoms with E-state index in [9.17, 15) is 14.9 Å². The lowest BCUT2D eigenvalue weighted by molar-refractivity contribution is -0.385. The Kier molecular flexibility index (Phi) is 3.17. The molecule has 0 aliphatic carbocycles. The highest BCUT2D eigenvalue weighted by atomic mass is 79.9. The zero-order valence-corrected chi connectivity index (χ0v) is 9.24. The van der Waals surface area contributed by atoms with E-state index in [0.29, 0.717) is 4.47 Å². The van der Waals surface area contributed by atoms with Gasteiger partial charge in [0.1, 0.15) is 11.6 Å². The SMILES string of the molecule is CC(=O)c1cc(Br)cc(C#N)c1[N+](=O)[O-]. The summed E-state index contributed by atoms with van der Waals surface area (Å²) in [6, 6.07) is 4.33. The van der Waals surface area contributed by atoms with Gasteiger partial charge in [0, 0.05) is 4.47 Å². The molecule has 0 atom stereocenters. The third kappa shape index (κ3) is 2.19.